The molecule has 2 heterocycles. The van der Waals surface area contributed by atoms with E-state index in [1.807, 2.05) is 24.3 Å². The quantitative estimate of drug-likeness (QED) is 0.764. The van der Waals surface area contributed by atoms with Gasteiger partial charge in [-0.05, 0) is 36.4 Å². The Morgan fingerprint density at radius 2 is 1.80 bits per heavy atom. The Hall–Kier alpha value is -2.02. The van der Waals surface area contributed by atoms with Gasteiger partial charge >= 0.3 is 0 Å². The van der Waals surface area contributed by atoms with Gasteiger partial charge in [0.05, 0.1) is 10.4 Å². The maximum atomic E-state index is 13.0. The lowest BCUT2D eigenvalue weighted by Gasteiger charge is -2.29. The van der Waals surface area contributed by atoms with Crippen LogP contribution < -0.4 is 10.2 Å². The summed E-state index contributed by atoms with van der Waals surface area (Å²) in [6.45, 7) is 3.68. The van der Waals surface area contributed by atoms with Crippen molar-refractivity contribution in [3.63, 3.8) is 0 Å². The molecule has 0 aliphatic carbocycles. The van der Waals surface area contributed by atoms with Crippen molar-refractivity contribution < 1.29 is 8.42 Å². The zero-order chi connectivity index (χ0) is 17.4. The number of hydrogen-bond donors (Lipinski definition) is 1. The second-order valence-electron chi connectivity index (χ2n) is 6.05. The highest BCUT2D eigenvalue weighted by molar-refractivity contribution is 7.90. The molecule has 130 valence electrons. The zero-order valence-corrected chi connectivity index (χ0v) is 15.1. The summed E-state index contributed by atoms with van der Waals surface area (Å²) in [5.74, 6) is 0. The van der Waals surface area contributed by atoms with Crippen LogP contribution in [0.4, 0.5) is 5.69 Å². The van der Waals surface area contributed by atoms with Crippen molar-refractivity contribution in [3.8, 4) is 0 Å². The topological polar surface area (TPSA) is 54.3 Å². The highest BCUT2D eigenvalue weighted by Crippen LogP contribution is 2.27. The van der Waals surface area contributed by atoms with E-state index < -0.39 is 10.0 Å². The number of rotatable bonds is 3. The Kier molecular flexibility index (Phi) is 4.19. The molecule has 3 aromatic rings. The van der Waals surface area contributed by atoms with Gasteiger partial charge in [0, 0.05) is 48.5 Å². The minimum absolute atomic E-state index is 0.185. The largest absolute Gasteiger partial charge is 0.369 e. The third-order valence-corrected chi connectivity index (χ3v) is 6.40. The highest BCUT2D eigenvalue weighted by atomic mass is 35.5. The van der Waals surface area contributed by atoms with E-state index in [0.717, 1.165) is 37.3 Å². The van der Waals surface area contributed by atoms with Crippen molar-refractivity contribution in [2.24, 2.45) is 0 Å². The molecule has 25 heavy (non-hydrogen) atoms. The Morgan fingerprint density at radius 3 is 2.56 bits per heavy atom. The minimum atomic E-state index is -3.69. The Morgan fingerprint density at radius 1 is 1.00 bits per heavy atom. The second kappa shape index (κ2) is 6.37. The molecule has 0 spiro atoms. The van der Waals surface area contributed by atoms with Gasteiger partial charge in [-0.2, -0.15) is 0 Å². The monoisotopic (exact) mass is 375 g/mol. The first kappa shape index (κ1) is 16.4. The summed E-state index contributed by atoms with van der Waals surface area (Å²) in [7, 11) is -3.69. The number of benzene rings is 2. The molecule has 0 atom stereocenters. The predicted molar refractivity (Wildman–Crippen MR) is 101 cm³/mol. The molecule has 7 heteroatoms. The number of nitrogens with zero attached hydrogens (tertiary/aromatic N) is 2. The third-order valence-electron chi connectivity index (χ3n) is 4.48. The number of piperazine rings is 1. The molecule has 0 bridgehead atoms. The van der Waals surface area contributed by atoms with Crippen LogP contribution in [0.15, 0.2) is 59.6 Å². The number of nitrogens with one attached hydrogen (secondary N) is 1. The maximum Gasteiger partial charge on any atom is 0.268 e. The average molecular weight is 376 g/mol. The SMILES string of the molecule is O=S(=O)(c1cccc(Cl)c1)n1ccc2ccc(N3CCNCC3)cc21. The summed E-state index contributed by atoms with van der Waals surface area (Å²) >= 11 is 5.97. The summed E-state index contributed by atoms with van der Waals surface area (Å²) in [6.07, 6.45) is 1.60. The number of anilines is 1. The highest BCUT2D eigenvalue weighted by Gasteiger charge is 2.20. The van der Waals surface area contributed by atoms with Crippen LogP contribution in [0.1, 0.15) is 0 Å². The van der Waals surface area contributed by atoms with Crippen molar-refractivity contribution in [1.82, 2.24) is 9.29 Å². The van der Waals surface area contributed by atoms with Crippen molar-refractivity contribution in [1.29, 1.82) is 0 Å². The molecule has 1 saturated heterocycles. The number of hydrogen-bond acceptors (Lipinski definition) is 4. The van der Waals surface area contributed by atoms with E-state index in [9.17, 15) is 8.42 Å². The molecule has 4 rings (SSSR count). The lowest BCUT2D eigenvalue weighted by Crippen LogP contribution is -2.43. The summed E-state index contributed by atoms with van der Waals surface area (Å²) < 4.78 is 27.4. The molecule has 0 amide bonds. The molecule has 1 aliphatic rings. The first-order valence-corrected chi connectivity index (χ1v) is 9.95. The van der Waals surface area contributed by atoms with Crippen LogP contribution in [0.5, 0.6) is 0 Å². The van der Waals surface area contributed by atoms with Gasteiger partial charge in [-0.3, -0.25) is 0 Å². The minimum Gasteiger partial charge on any atom is -0.369 e. The predicted octanol–water partition coefficient (Wildman–Crippen LogP) is 2.94. The fourth-order valence-electron chi connectivity index (χ4n) is 3.16. The smallest absolute Gasteiger partial charge is 0.268 e. The van der Waals surface area contributed by atoms with Gasteiger partial charge in [0.25, 0.3) is 10.0 Å². The van der Waals surface area contributed by atoms with Gasteiger partial charge in [0.2, 0.25) is 0 Å². The average Bonchev–Trinajstić information content (AvgIpc) is 3.06. The summed E-state index contributed by atoms with van der Waals surface area (Å²) in [4.78, 5) is 2.45. The first-order valence-electron chi connectivity index (χ1n) is 8.14. The third kappa shape index (κ3) is 3.01. The van der Waals surface area contributed by atoms with Gasteiger partial charge < -0.3 is 10.2 Å². The second-order valence-corrected chi connectivity index (χ2v) is 8.31. The Balaban J connectivity index is 1.82. The number of fused-ring (bicyclic) bond motifs is 1. The van der Waals surface area contributed by atoms with Gasteiger partial charge in [0.15, 0.2) is 0 Å². The lowest BCUT2D eigenvalue weighted by atomic mass is 10.2. The van der Waals surface area contributed by atoms with Crippen LogP contribution in [-0.4, -0.2) is 38.6 Å². The number of aromatic nitrogens is 1. The molecule has 2 aromatic carbocycles. The molecule has 0 radical (unpaired) electrons. The van der Waals surface area contributed by atoms with E-state index in [2.05, 4.69) is 10.2 Å². The van der Waals surface area contributed by atoms with Crippen LogP contribution in [-0.2, 0) is 10.0 Å². The summed E-state index contributed by atoms with van der Waals surface area (Å²) in [6, 6.07) is 14.1. The fourth-order valence-corrected chi connectivity index (χ4v) is 4.81. The van der Waals surface area contributed by atoms with Gasteiger partial charge in [-0.1, -0.05) is 23.7 Å². The molecule has 1 N–H and O–H groups in total. The maximum absolute atomic E-state index is 13.0. The molecule has 1 aliphatic heterocycles. The lowest BCUT2D eigenvalue weighted by molar-refractivity contribution is 0.588. The van der Waals surface area contributed by atoms with Crippen LogP contribution in [0, 0.1) is 0 Å². The van der Waals surface area contributed by atoms with Crippen molar-refractivity contribution in [2.75, 3.05) is 31.1 Å². The molecular formula is C18H18ClN3O2S. The molecule has 1 fully saturated rings. The standard InChI is InChI=1S/C18H18ClN3O2S/c19-15-2-1-3-17(12-15)25(23,24)22-9-6-14-4-5-16(13-18(14)22)21-10-7-20-8-11-21/h1-6,9,12-13,20H,7-8,10-11H2. The Bertz CT molecular complexity index is 1020. The molecule has 0 saturated carbocycles. The van der Waals surface area contributed by atoms with E-state index in [1.165, 1.54) is 10.0 Å². The fraction of sp³-hybridized carbons (Fsp3) is 0.222. The van der Waals surface area contributed by atoms with Crippen molar-refractivity contribution in [3.05, 3.63) is 59.8 Å². The van der Waals surface area contributed by atoms with Gasteiger partial charge in [-0.15, -0.1) is 0 Å². The first-order chi connectivity index (χ1) is 12.1. The van der Waals surface area contributed by atoms with Crippen LogP contribution in [0.3, 0.4) is 0 Å². The van der Waals surface area contributed by atoms with Gasteiger partial charge in [0.1, 0.15) is 0 Å². The van der Waals surface area contributed by atoms with Crippen LogP contribution in [0.2, 0.25) is 5.02 Å². The van der Waals surface area contributed by atoms with Gasteiger partial charge in [-0.25, -0.2) is 12.4 Å². The van der Waals surface area contributed by atoms with Crippen molar-refractivity contribution >= 4 is 38.2 Å². The molecular weight excluding hydrogens is 358 g/mol. The van der Waals surface area contributed by atoms with E-state index in [4.69, 9.17) is 11.6 Å². The molecule has 1 aromatic heterocycles. The number of halogens is 1. The summed E-state index contributed by atoms with van der Waals surface area (Å²) in [5, 5.41) is 4.62. The van der Waals surface area contributed by atoms with Crippen LogP contribution in [0.25, 0.3) is 10.9 Å². The summed E-state index contributed by atoms with van der Waals surface area (Å²) in [5.41, 5.74) is 1.71. The van der Waals surface area contributed by atoms with E-state index >= 15 is 0 Å². The van der Waals surface area contributed by atoms with Crippen LogP contribution >= 0.6 is 11.6 Å². The Labute approximate surface area is 151 Å². The molecule has 0 unspecified atom stereocenters. The normalized spacial score (nSPS) is 15.6. The molecule has 5 nitrogen and oxygen atoms in total. The van der Waals surface area contributed by atoms with E-state index in [0.29, 0.717) is 10.5 Å². The van der Waals surface area contributed by atoms with E-state index in [1.54, 1.807) is 24.4 Å². The van der Waals surface area contributed by atoms with E-state index in [-0.39, 0.29) is 4.90 Å². The zero-order valence-electron chi connectivity index (χ0n) is 13.5. The van der Waals surface area contributed by atoms with Crippen molar-refractivity contribution in [2.45, 2.75) is 4.90 Å².